The van der Waals surface area contributed by atoms with Crippen LogP contribution in [0.25, 0.3) is 0 Å². The van der Waals surface area contributed by atoms with Gasteiger partial charge in [0.2, 0.25) is 0 Å². The van der Waals surface area contributed by atoms with Crippen molar-refractivity contribution in [3.05, 3.63) is 34.9 Å². The van der Waals surface area contributed by atoms with Gasteiger partial charge in [-0.3, -0.25) is 0 Å². The molecule has 0 radical (unpaired) electrons. The van der Waals surface area contributed by atoms with Crippen LogP contribution >= 0.6 is 0 Å². The summed E-state index contributed by atoms with van der Waals surface area (Å²) in [5, 5.41) is 0. The first kappa shape index (κ1) is 17.3. The van der Waals surface area contributed by atoms with Crippen molar-refractivity contribution in [2.45, 2.75) is 91.4 Å². The highest BCUT2D eigenvalue weighted by atomic mass is 14.0. The van der Waals surface area contributed by atoms with Gasteiger partial charge >= 0.3 is 0 Å². The monoisotopic (exact) mass is 274 g/mol. The molecule has 0 nitrogen and oxygen atoms in total. The van der Waals surface area contributed by atoms with Gasteiger partial charge in [-0.2, -0.15) is 0 Å². The first-order valence-corrected chi connectivity index (χ1v) is 8.79. The highest BCUT2D eigenvalue weighted by molar-refractivity contribution is 5.28. The maximum atomic E-state index is 2.35. The van der Waals surface area contributed by atoms with Gasteiger partial charge in [0.15, 0.2) is 0 Å². The SMILES string of the molecule is CCCCCCCCCCCCc1cc(C)cc(C)c1. The van der Waals surface area contributed by atoms with Gasteiger partial charge in [0, 0.05) is 0 Å². The zero-order chi connectivity index (χ0) is 14.6. The second kappa shape index (κ2) is 10.9. The molecule has 0 saturated carbocycles. The van der Waals surface area contributed by atoms with E-state index in [1.807, 2.05) is 0 Å². The van der Waals surface area contributed by atoms with Gasteiger partial charge in [-0.15, -0.1) is 0 Å². The second-order valence-corrected chi connectivity index (χ2v) is 6.43. The molecule has 0 aliphatic rings. The van der Waals surface area contributed by atoms with Gasteiger partial charge in [-0.1, -0.05) is 94.0 Å². The Morgan fingerprint density at radius 3 is 1.55 bits per heavy atom. The van der Waals surface area contributed by atoms with Gasteiger partial charge in [-0.25, -0.2) is 0 Å². The van der Waals surface area contributed by atoms with Crippen molar-refractivity contribution in [2.75, 3.05) is 0 Å². The zero-order valence-electron chi connectivity index (χ0n) is 14.0. The summed E-state index contributed by atoms with van der Waals surface area (Å²) in [6.45, 7) is 6.69. The fourth-order valence-electron chi connectivity index (χ4n) is 3.03. The number of hydrogen-bond acceptors (Lipinski definition) is 0. The second-order valence-electron chi connectivity index (χ2n) is 6.43. The van der Waals surface area contributed by atoms with Crippen LogP contribution in [-0.2, 0) is 6.42 Å². The molecule has 1 aromatic carbocycles. The summed E-state index contributed by atoms with van der Waals surface area (Å²) >= 11 is 0. The predicted octanol–water partition coefficient (Wildman–Crippen LogP) is 6.77. The summed E-state index contributed by atoms with van der Waals surface area (Å²) < 4.78 is 0. The Morgan fingerprint density at radius 1 is 0.600 bits per heavy atom. The minimum absolute atomic E-state index is 1.26. The Morgan fingerprint density at radius 2 is 1.05 bits per heavy atom. The Kier molecular flexibility index (Phi) is 9.45. The lowest BCUT2D eigenvalue weighted by Gasteiger charge is -2.05. The van der Waals surface area contributed by atoms with Crippen molar-refractivity contribution in [2.24, 2.45) is 0 Å². The maximum absolute atomic E-state index is 2.35. The van der Waals surface area contributed by atoms with Crippen LogP contribution in [0.15, 0.2) is 18.2 Å². The average Bonchev–Trinajstić information content (AvgIpc) is 2.40. The third-order valence-electron chi connectivity index (χ3n) is 4.10. The number of hydrogen-bond donors (Lipinski definition) is 0. The van der Waals surface area contributed by atoms with Gasteiger partial charge in [0.05, 0.1) is 0 Å². The molecule has 0 atom stereocenters. The molecule has 1 rings (SSSR count). The summed E-state index contributed by atoms with van der Waals surface area (Å²) in [6.07, 6.45) is 15.5. The molecule has 0 heteroatoms. The van der Waals surface area contributed by atoms with E-state index in [2.05, 4.69) is 39.0 Å². The summed E-state index contributed by atoms with van der Waals surface area (Å²) in [7, 11) is 0. The van der Waals surface area contributed by atoms with Crippen LogP contribution in [0, 0.1) is 13.8 Å². The highest BCUT2D eigenvalue weighted by Gasteiger charge is 1.97. The molecule has 0 heterocycles. The molecule has 0 aromatic heterocycles. The molecular weight excluding hydrogens is 240 g/mol. The molecule has 0 bridgehead atoms. The number of rotatable bonds is 11. The van der Waals surface area contributed by atoms with Crippen molar-refractivity contribution < 1.29 is 0 Å². The van der Waals surface area contributed by atoms with Crippen molar-refractivity contribution in [1.29, 1.82) is 0 Å². The first-order chi connectivity index (χ1) is 9.72. The zero-order valence-corrected chi connectivity index (χ0v) is 14.0. The van der Waals surface area contributed by atoms with E-state index in [-0.39, 0.29) is 0 Å². The van der Waals surface area contributed by atoms with E-state index < -0.39 is 0 Å². The van der Waals surface area contributed by atoms with Crippen LogP contribution in [0.4, 0.5) is 0 Å². The van der Waals surface area contributed by atoms with Crippen LogP contribution in [0.3, 0.4) is 0 Å². The summed E-state index contributed by atoms with van der Waals surface area (Å²) in [4.78, 5) is 0. The summed E-state index contributed by atoms with van der Waals surface area (Å²) in [5.74, 6) is 0. The van der Waals surface area contributed by atoms with E-state index in [0.29, 0.717) is 0 Å². The van der Waals surface area contributed by atoms with E-state index >= 15 is 0 Å². The van der Waals surface area contributed by atoms with E-state index in [0.717, 1.165) is 0 Å². The fourth-order valence-corrected chi connectivity index (χ4v) is 3.03. The van der Waals surface area contributed by atoms with Crippen LogP contribution in [0.1, 0.15) is 87.8 Å². The molecule has 20 heavy (non-hydrogen) atoms. The lowest BCUT2D eigenvalue weighted by molar-refractivity contribution is 0.556. The number of unbranched alkanes of at least 4 members (excludes halogenated alkanes) is 9. The smallest absolute Gasteiger partial charge is 0.0279 e. The molecule has 1 aromatic rings. The van der Waals surface area contributed by atoms with E-state index in [1.54, 1.807) is 0 Å². The standard InChI is InChI=1S/C20H34/c1-4-5-6-7-8-9-10-11-12-13-14-20-16-18(2)15-19(3)17-20/h15-17H,4-14H2,1-3H3. The van der Waals surface area contributed by atoms with Crippen molar-refractivity contribution in [1.82, 2.24) is 0 Å². The third-order valence-corrected chi connectivity index (χ3v) is 4.10. The van der Waals surface area contributed by atoms with Crippen LogP contribution < -0.4 is 0 Å². The summed E-state index contributed by atoms with van der Waals surface area (Å²) in [5.41, 5.74) is 4.35. The lowest BCUT2D eigenvalue weighted by Crippen LogP contribution is -1.89. The molecule has 0 N–H and O–H groups in total. The molecule has 114 valence electrons. The third kappa shape index (κ3) is 8.40. The molecule has 0 aliphatic heterocycles. The number of benzene rings is 1. The predicted molar refractivity (Wildman–Crippen MR) is 91.5 cm³/mol. The van der Waals surface area contributed by atoms with Crippen molar-refractivity contribution in [3.63, 3.8) is 0 Å². The molecule has 0 spiro atoms. The number of aryl methyl sites for hydroxylation is 3. The molecule has 0 amide bonds. The maximum Gasteiger partial charge on any atom is -0.0279 e. The minimum Gasteiger partial charge on any atom is -0.0654 e. The normalized spacial score (nSPS) is 10.9. The van der Waals surface area contributed by atoms with Gasteiger partial charge < -0.3 is 0 Å². The van der Waals surface area contributed by atoms with Crippen molar-refractivity contribution >= 4 is 0 Å². The molecule has 0 unspecified atom stereocenters. The van der Waals surface area contributed by atoms with Gasteiger partial charge in [0.25, 0.3) is 0 Å². The van der Waals surface area contributed by atoms with Crippen molar-refractivity contribution in [3.8, 4) is 0 Å². The van der Waals surface area contributed by atoms with Gasteiger partial charge in [-0.05, 0) is 32.3 Å². The Balaban J connectivity index is 1.97. The van der Waals surface area contributed by atoms with Crippen LogP contribution in [-0.4, -0.2) is 0 Å². The Labute approximate surface area is 127 Å². The minimum atomic E-state index is 1.26. The first-order valence-electron chi connectivity index (χ1n) is 8.79. The molecular formula is C20H34. The molecule has 0 aliphatic carbocycles. The Bertz CT molecular complexity index is 331. The molecule has 0 fully saturated rings. The largest absolute Gasteiger partial charge is 0.0654 e. The average molecular weight is 274 g/mol. The summed E-state index contributed by atoms with van der Waals surface area (Å²) in [6, 6.07) is 6.96. The topological polar surface area (TPSA) is 0 Å². The fraction of sp³-hybridized carbons (Fsp3) is 0.700. The van der Waals surface area contributed by atoms with Crippen LogP contribution in [0.2, 0.25) is 0 Å². The Hall–Kier alpha value is -0.780. The highest BCUT2D eigenvalue weighted by Crippen LogP contribution is 2.14. The van der Waals surface area contributed by atoms with Gasteiger partial charge in [0.1, 0.15) is 0 Å². The van der Waals surface area contributed by atoms with E-state index in [1.165, 1.54) is 87.3 Å². The van der Waals surface area contributed by atoms with Crippen LogP contribution in [0.5, 0.6) is 0 Å². The lowest BCUT2D eigenvalue weighted by atomic mass is 10.0. The molecule has 0 saturated heterocycles. The quantitative estimate of drug-likeness (QED) is 0.391. The van der Waals surface area contributed by atoms with E-state index in [4.69, 9.17) is 0 Å². The van der Waals surface area contributed by atoms with E-state index in [9.17, 15) is 0 Å².